The first-order chi connectivity index (χ1) is 24.6. The molecule has 2 aliphatic heterocycles. The average Bonchev–Trinajstić information content (AvgIpc) is 3.14. The third kappa shape index (κ3) is 10.5. The third-order valence-electron chi connectivity index (χ3n) is 11.1. The van der Waals surface area contributed by atoms with Crippen molar-refractivity contribution in [3.63, 3.8) is 0 Å². The van der Waals surface area contributed by atoms with Crippen LogP contribution in [0, 0.1) is 29.4 Å². The van der Waals surface area contributed by atoms with Gasteiger partial charge in [-0.3, -0.25) is 15.0 Å². The van der Waals surface area contributed by atoms with Crippen molar-refractivity contribution in [3.05, 3.63) is 70.2 Å². The van der Waals surface area contributed by atoms with Crippen molar-refractivity contribution >= 4 is 23.4 Å². The van der Waals surface area contributed by atoms with Crippen molar-refractivity contribution in [2.24, 2.45) is 17.8 Å². The fraction of sp³-hybridized carbons (Fsp3) is 0.641. The van der Waals surface area contributed by atoms with Gasteiger partial charge in [-0.25, -0.2) is 13.8 Å². The molecule has 2 saturated heterocycles. The summed E-state index contributed by atoms with van der Waals surface area (Å²) >= 11 is 6.34. The van der Waals surface area contributed by atoms with Crippen LogP contribution in [0.3, 0.4) is 0 Å². The number of aliphatic hydroxyl groups is 1. The van der Waals surface area contributed by atoms with Crippen LogP contribution in [0.4, 0.5) is 8.78 Å². The molecular weight excluding hydrogens is 678 g/mol. The highest BCUT2D eigenvalue weighted by Crippen LogP contribution is 2.48. The molecule has 5 atom stereocenters. The highest BCUT2D eigenvalue weighted by Gasteiger charge is 2.50. The van der Waals surface area contributed by atoms with Gasteiger partial charge in [0.15, 0.2) is 11.6 Å². The average molecular weight is 735 g/mol. The Balaban J connectivity index is 1.59. The Morgan fingerprint density at radius 2 is 1.80 bits per heavy atom. The number of piperidine rings is 2. The quantitative estimate of drug-likeness (QED) is 0.134. The fourth-order valence-electron chi connectivity index (χ4n) is 8.37. The molecular formula is C39H57ClF2N4O5. The zero-order valence-electron chi connectivity index (χ0n) is 30.5. The Kier molecular flexibility index (Phi) is 16.1. The molecule has 0 spiro atoms. The Morgan fingerprint density at radius 1 is 1.04 bits per heavy atom. The van der Waals surface area contributed by atoms with E-state index >= 15 is 8.78 Å². The van der Waals surface area contributed by atoms with Gasteiger partial charge in [-0.2, -0.15) is 0 Å². The van der Waals surface area contributed by atoms with Gasteiger partial charge in [0.1, 0.15) is 0 Å². The predicted molar refractivity (Wildman–Crippen MR) is 195 cm³/mol. The molecule has 5 unspecified atom stereocenters. The van der Waals surface area contributed by atoms with E-state index in [4.69, 9.17) is 21.1 Å². The van der Waals surface area contributed by atoms with Gasteiger partial charge in [-0.15, -0.1) is 0 Å². The van der Waals surface area contributed by atoms with E-state index in [2.05, 4.69) is 16.1 Å². The SMILES string of the molecule is COCCCCC(c1cccc(F)c1F)(C1CCCN(NC(=O)CCOC)C1)C(C)C(=O)NCCCC(O)(c1cccc(Cl)c1)C1CCCNC1. The summed E-state index contributed by atoms with van der Waals surface area (Å²) in [5.41, 5.74) is 1.69. The second-order valence-corrected chi connectivity index (χ2v) is 14.7. The number of benzene rings is 2. The summed E-state index contributed by atoms with van der Waals surface area (Å²) < 4.78 is 41.4. The van der Waals surface area contributed by atoms with E-state index in [-0.39, 0.29) is 42.2 Å². The monoisotopic (exact) mass is 734 g/mol. The number of rotatable bonds is 19. The van der Waals surface area contributed by atoms with Crippen LogP contribution in [-0.4, -0.2) is 82.1 Å². The van der Waals surface area contributed by atoms with Gasteiger partial charge < -0.3 is 25.2 Å². The Bertz CT molecular complexity index is 1420. The maximum atomic E-state index is 16.0. The lowest BCUT2D eigenvalue weighted by Crippen LogP contribution is -2.56. The standard InChI is InChI=1S/C39H57ClF2N4O5/c1-28(37(48)44-21-10-19-39(49,30-12-8-20-43-26-30)29-11-6-14-32(40)25-29)38(18-4-5-23-50-2,33-15-7-16-34(41)36(33)42)31-13-9-22-46(27-31)45-35(47)17-24-51-3/h6-7,11,14-16,25,28,30-31,43,49H,4-5,8-10,12-13,17-24,26-27H2,1-3H3,(H,44,48)(H,45,47). The van der Waals surface area contributed by atoms with Crippen molar-refractivity contribution in [3.8, 4) is 0 Å². The number of hydrazine groups is 1. The maximum Gasteiger partial charge on any atom is 0.236 e. The predicted octanol–water partition coefficient (Wildman–Crippen LogP) is 5.87. The number of amides is 2. The molecule has 0 bridgehead atoms. The molecule has 2 heterocycles. The molecule has 9 nitrogen and oxygen atoms in total. The van der Waals surface area contributed by atoms with E-state index < -0.39 is 28.6 Å². The first kappa shape index (κ1) is 41.1. The minimum atomic E-state index is -1.14. The number of unbranched alkanes of at least 4 members (excludes halogenated alkanes) is 1. The number of carbonyl (C=O) groups is 2. The first-order valence-electron chi connectivity index (χ1n) is 18.5. The number of ether oxygens (including phenoxy) is 2. The highest BCUT2D eigenvalue weighted by molar-refractivity contribution is 6.30. The van der Waals surface area contributed by atoms with Crippen molar-refractivity contribution < 1.29 is 33.0 Å². The van der Waals surface area contributed by atoms with E-state index in [0.29, 0.717) is 82.8 Å². The van der Waals surface area contributed by atoms with E-state index in [1.54, 1.807) is 19.2 Å². The Morgan fingerprint density at radius 3 is 2.53 bits per heavy atom. The number of methoxy groups -OCH3 is 2. The summed E-state index contributed by atoms with van der Waals surface area (Å²) in [5, 5.41) is 21.1. The van der Waals surface area contributed by atoms with Crippen molar-refractivity contribution in [2.75, 3.05) is 60.2 Å². The molecule has 2 aromatic carbocycles. The lowest BCUT2D eigenvalue weighted by atomic mass is 9.58. The number of nitrogens with one attached hydrogen (secondary N) is 3. The van der Waals surface area contributed by atoms with Gasteiger partial charge in [0.25, 0.3) is 0 Å². The van der Waals surface area contributed by atoms with Crippen LogP contribution in [0.15, 0.2) is 42.5 Å². The van der Waals surface area contributed by atoms with Crippen molar-refractivity contribution in [2.45, 2.75) is 82.1 Å². The maximum absolute atomic E-state index is 16.0. The van der Waals surface area contributed by atoms with Crippen molar-refractivity contribution in [1.82, 2.24) is 21.1 Å². The second kappa shape index (κ2) is 20.0. The fourth-order valence-corrected chi connectivity index (χ4v) is 8.56. The second-order valence-electron chi connectivity index (χ2n) is 14.2. The zero-order valence-corrected chi connectivity index (χ0v) is 31.2. The number of hydrogen-bond donors (Lipinski definition) is 4. The van der Waals surface area contributed by atoms with Gasteiger partial charge in [0.05, 0.1) is 18.6 Å². The molecule has 2 aliphatic rings. The summed E-state index contributed by atoms with van der Waals surface area (Å²) in [6.07, 6.45) is 6.04. The van der Waals surface area contributed by atoms with Crippen LogP contribution in [0.25, 0.3) is 0 Å². The lowest BCUT2D eigenvalue weighted by Gasteiger charge is -2.49. The van der Waals surface area contributed by atoms with Gasteiger partial charge in [-0.05, 0) is 93.2 Å². The van der Waals surface area contributed by atoms with E-state index in [1.807, 2.05) is 30.1 Å². The molecule has 12 heteroatoms. The molecule has 0 saturated carbocycles. The summed E-state index contributed by atoms with van der Waals surface area (Å²) in [7, 11) is 3.16. The smallest absolute Gasteiger partial charge is 0.236 e. The minimum Gasteiger partial charge on any atom is -0.385 e. The summed E-state index contributed by atoms with van der Waals surface area (Å²) in [6.45, 7) is 5.46. The number of carbonyl (C=O) groups excluding carboxylic acids is 2. The molecule has 2 fully saturated rings. The largest absolute Gasteiger partial charge is 0.385 e. The van der Waals surface area contributed by atoms with Crippen LogP contribution in [0.2, 0.25) is 5.02 Å². The van der Waals surface area contributed by atoms with Crippen LogP contribution >= 0.6 is 11.6 Å². The molecule has 4 rings (SSSR count). The molecule has 0 aliphatic carbocycles. The molecule has 0 aromatic heterocycles. The van der Waals surface area contributed by atoms with E-state index in [1.165, 1.54) is 13.2 Å². The van der Waals surface area contributed by atoms with Gasteiger partial charge >= 0.3 is 0 Å². The molecule has 4 N–H and O–H groups in total. The lowest BCUT2D eigenvalue weighted by molar-refractivity contribution is -0.131. The first-order valence-corrected chi connectivity index (χ1v) is 18.9. The van der Waals surface area contributed by atoms with Crippen molar-refractivity contribution in [1.29, 1.82) is 0 Å². The topological polar surface area (TPSA) is 112 Å². The number of halogens is 3. The number of nitrogens with zero attached hydrogens (tertiary/aromatic N) is 1. The normalized spacial score (nSPS) is 21.3. The van der Waals surface area contributed by atoms with Crippen LogP contribution in [-0.2, 0) is 30.1 Å². The molecule has 284 valence electrons. The van der Waals surface area contributed by atoms with Crippen LogP contribution < -0.4 is 16.1 Å². The van der Waals surface area contributed by atoms with E-state index in [0.717, 1.165) is 31.0 Å². The van der Waals surface area contributed by atoms with Gasteiger partial charge in [0.2, 0.25) is 11.8 Å². The highest BCUT2D eigenvalue weighted by atomic mass is 35.5. The van der Waals surface area contributed by atoms with Crippen LogP contribution in [0.1, 0.15) is 82.3 Å². The van der Waals surface area contributed by atoms with Crippen LogP contribution in [0.5, 0.6) is 0 Å². The summed E-state index contributed by atoms with van der Waals surface area (Å²) in [6, 6.07) is 11.6. The molecule has 0 radical (unpaired) electrons. The van der Waals surface area contributed by atoms with E-state index in [9.17, 15) is 14.7 Å². The Hall–Kier alpha value is -2.67. The number of hydrogen-bond acceptors (Lipinski definition) is 7. The molecule has 2 amide bonds. The molecule has 51 heavy (non-hydrogen) atoms. The summed E-state index contributed by atoms with van der Waals surface area (Å²) in [5.74, 6) is -3.40. The third-order valence-corrected chi connectivity index (χ3v) is 11.3. The summed E-state index contributed by atoms with van der Waals surface area (Å²) in [4.78, 5) is 26.9. The van der Waals surface area contributed by atoms with Gasteiger partial charge in [0, 0.05) is 69.3 Å². The Labute approximate surface area is 307 Å². The zero-order chi connectivity index (χ0) is 36.9. The van der Waals surface area contributed by atoms with Gasteiger partial charge in [-0.1, -0.05) is 49.2 Å². The molecule has 2 aromatic rings. The minimum absolute atomic E-state index is 0.0146.